The molecule has 0 saturated carbocycles. The van der Waals surface area contributed by atoms with E-state index in [0.717, 1.165) is 0 Å². The number of azide groups is 1. The number of oxime groups is 1. The Morgan fingerprint density at radius 3 is 3.14 bits per heavy atom. The predicted octanol–water partition coefficient (Wildman–Crippen LogP) is 2.81. The molecule has 0 radical (unpaired) electrons. The van der Waals surface area contributed by atoms with E-state index in [1.165, 1.54) is 12.4 Å². The fourth-order valence-corrected chi connectivity index (χ4v) is 2.12. The van der Waals surface area contributed by atoms with Gasteiger partial charge in [-0.1, -0.05) is 16.3 Å². The molecule has 1 aliphatic heterocycles. The van der Waals surface area contributed by atoms with Gasteiger partial charge in [-0.2, -0.15) is 0 Å². The first-order chi connectivity index (χ1) is 10.3. The number of benzene rings is 1. The van der Waals surface area contributed by atoms with Crippen LogP contribution in [0.15, 0.2) is 47.2 Å². The zero-order chi connectivity index (χ0) is 14.7. The van der Waals surface area contributed by atoms with Gasteiger partial charge in [0.25, 0.3) is 0 Å². The minimum atomic E-state index is -0.369. The number of imidazole rings is 1. The molecule has 106 valence electrons. The van der Waals surface area contributed by atoms with Crippen LogP contribution in [0.1, 0.15) is 12.0 Å². The van der Waals surface area contributed by atoms with Crippen LogP contribution < -0.4 is 0 Å². The van der Waals surface area contributed by atoms with Crippen molar-refractivity contribution < 1.29 is 9.23 Å². The average Bonchev–Trinajstić information content (AvgIpc) is 3.16. The molecule has 3 rings (SSSR count). The summed E-state index contributed by atoms with van der Waals surface area (Å²) >= 11 is 0. The molecule has 7 nitrogen and oxygen atoms in total. The summed E-state index contributed by atoms with van der Waals surface area (Å²) in [4.78, 5) is 11.7. The highest BCUT2D eigenvalue weighted by molar-refractivity contribution is 6.01. The molecule has 0 bridgehead atoms. The zero-order valence-corrected chi connectivity index (χ0v) is 10.9. The lowest BCUT2D eigenvalue weighted by atomic mass is 10.0. The monoisotopic (exact) mass is 286 g/mol. The largest absolute Gasteiger partial charge is 0.392 e. The second-order valence-electron chi connectivity index (χ2n) is 4.52. The molecular formula is C13H11FN6O. The SMILES string of the molecule is [N-]=[N+]=NC[C@H]1CC(c2ccc(-n3ccnc3)c(F)c2)=NO1. The first kappa shape index (κ1) is 13.1. The summed E-state index contributed by atoms with van der Waals surface area (Å²) in [5.41, 5.74) is 9.99. The third-order valence-electron chi connectivity index (χ3n) is 3.14. The molecule has 8 heteroatoms. The quantitative estimate of drug-likeness (QED) is 0.491. The first-order valence-electron chi connectivity index (χ1n) is 6.29. The molecule has 0 N–H and O–H groups in total. The highest BCUT2D eigenvalue weighted by Gasteiger charge is 2.22. The van der Waals surface area contributed by atoms with Crippen molar-refractivity contribution in [2.24, 2.45) is 10.3 Å². The van der Waals surface area contributed by atoms with E-state index < -0.39 is 0 Å². The minimum Gasteiger partial charge on any atom is -0.392 e. The van der Waals surface area contributed by atoms with E-state index in [2.05, 4.69) is 20.2 Å². The van der Waals surface area contributed by atoms with Crippen molar-refractivity contribution in [3.8, 4) is 5.69 Å². The van der Waals surface area contributed by atoms with E-state index in [4.69, 9.17) is 10.4 Å². The maximum Gasteiger partial charge on any atom is 0.147 e. The van der Waals surface area contributed by atoms with Crippen LogP contribution in [-0.4, -0.2) is 27.9 Å². The van der Waals surface area contributed by atoms with E-state index in [9.17, 15) is 4.39 Å². The number of aromatic nitrogens is 2. The Hall–Kier alpha value is -2.86. The van der Waals surface area contributed by atoms with Crippen molar-refractivity contribution >= 4 is 5.71 Å². The van der Waals surface area contributed by atoms with E-state index >= 15 is 0 Å². The van der Waals surface area contributed by atoms with Gasteiger partial charge >= 0.3 is 0 Å². The molecule has 0 saturated heterocycles. The second-order valence-corrected chi connectivity index (χ2v) is 4.52. The molecule has 0 unspecified atom stereocenters. The molecule has 2 aromatic rings. The second kappa shape index (κ2) is 5.64. The summed E-state index contributed by atoms with van der Waals surface area (Å²) in [6.45, 7) is 0.207. The molecule has 1 aliphatic rings. The Labute approximate surface area is 119 Å². The van der Waals surface area contributed by atoms with Gasteiger partial charge < -0.3 is 9.40 Å². The molecule has 0 fully saturated rings. The molecule has 0 amide bonds. The highest BCUT2D eigenvalue weighted by atomic mass is 19.1. The Morgan fingerprint density at radius 1 is 1.52 bits per heavy atom. The van der Waals surface area contributed by atoms with Crippen LogP contribution >= 0.6 is 0 Å². The van der Waals surface area contributed by atoms with Gasteiger partial charge in [-0.15, -0.1) is 0 Å². The topological polar surface area (TPSA) is 88.2 Å². The van der Waals surface area contributed by atoms with Crippen molar-refractivity contribution in [1.82, 2.24) is 9.55 Å². The molecule has 1 aromatic heterocycles. The average molecular weight is 286 g/mol. The smallest absolute Gasteiger partial charge is 0.147 e. The van der Waals surface area contributed by atoms with Gasteiger partial charge in [0.1, 0.15) is 11.9 Å². The minimum absolute atomic E-state index is 0.207. The lowest BCUT2D eigenvalue weighted by molar-refractivity contribution is 0.0919. The van der Waals surface area contributed by atoms with E-state index in [-0.39, 0.29) is 18.5 Å². The van der Waals surface area contributed by atoms with Gasteiger partial charge in [0.2, 0.25) is 0 Å². The van der Waals surface area contributed by atoms with Crippen LogP contribution in [0.5, 0.6) is 0 Å². The zero-order valence-electron chi connectivity index (χ0n) is 10.9. The summed E-state index contributed by atoms with van der Waals surface area (Å²) < 4.78 is 15.7. The van der Waals surface area contributed by atoms with Gasteiger partial charge in [-0.05, 0) is 17.7 Å². The number of hydrogen-bond acceptors (Lipinski definition) is 4. The van der Waals surface area contributed by atoms with Crippen LogP contribution in [0, 0.1) is 5.82 Å². The van der Waals surface area contributed by atoms with Gasteiger partial charge in [0.15, 0.2) is 0 Å². The fourth-order valence-electron chi connectivity index (χ4n) is 2.12. The molecule has 0 spiro atoms. The predicted molar refractivity (Wildman–Crippen MR) is 73.6 cm³/mol. The van der Waals surface area contributed by atoms with Gasteiger partial charge in [0, 0.05) is 29.3 Å². The third kappa shape index (κ3) is 2.70. The highest BCUT2D eigenvalue weighted by Crippen LogP contribution is 2.21. The van der Waals surface area contributed by atoms with Crippen molar-refractivity contribution in [2.75, 3.05) is 6.54 Å². The summed E-state index contributed by atoms with van der Waals surface area (Å²) in [6, 6.07) is 4.85. The lowest BCUT2D eigenvalue weighted by Crippen LogP contribution is -2.11. The van der Waals surface area contributed by atoms with Crippen molar-refractivity contribution in [2.45, 2.75) is 12.5 Å². The summed E-state index contributed by atoms with van der Waals surface area (Å²) in [5.74, 6) is -0.369. The van der Waals surface area contributed by atoms with Crippen LogP contribution in [-0.2, 0) is 4.84 Å². The molecule has 21 heavy (non-hydrogen) atoms. The number of nitrogens with zero attached hydrogens (tertiary/aromatic N) is 6. The maximum atomic E-state index is 14.2. The molecule has 2 heterocycles. The van der Waals surface area contributed by atoms with Crippen LogP contribution in [0.25, 0.3) is 16.1 Å². The van der Waals surface area contributed by atoms with Gasteiger partial charge in [0.05, 0.1) is 24.3 Å². The van der Waals surface area contributed by atoms with E-state index in [0.29, 0.717) is 23.4 Å². The molecule has 0 aliphatic carbocycles. The standard InChI is InChI=1S/C13H11FN6O/c14-11-5-9(1-2-13(11)20-4-3-16-8-20)12-6-10(21-18-12)7-17-19-15/h1-5,8,10H,6-7H2/t10-/m1/s1. The van der Waals surface area contributed by atoms with Crippen molar-refractivity contribution in [1.29, 1.82) is 0 Å². The van der Waals surface area contributed by atoms with Gasteiger partial charge in [-0.3, -0.25) is 0 Å². The fraction of sp³-hybridized carbons (Fsp3) is 0.231. The Kier molecular flexibility index (Phi) is 3.53. The Morgan fingerprint density at radius 2 is 2.43 bits per heavy atom. The Balaban J connectivity index is 1.79. The van der Waals surface area contributed by atoms with Crippen molar-refractivity contribution in [3.63, 3.8) is 0 Å². The summed E-state index contributed by atoms with van der Waals surface area (Å²) in [5, 5.41) is 7.37. The normalized spacial score (nSPS) is 17.0. The third-order valence-corrected chi connectivity index (χ3v) is 3.14. The number of hydrogen-bond donors (Lipinski definition) is 0. The molecular weight excluding hydrogens is 275 g/mol. The van der Waals surface area contributed by atoms with Crippen LogP contribution in [0.3, 0.4) is 0 Å². The van der Waals surface area contributed by atoms with E-state index in [1.54, 1.807) is 29.1 Å². The van der Waals surface area contributed by atoms with Crippen LogP contribution in [0.4, 0.5) is 4.39 Å². The maximum absolute atomic E-state index is 14.2. The van der Waals surface area contributed by atoms with Gasteiger partial charge in [-0.25, -0.2) is 9.37 Å². The lowest BCUT2D eigenvalue weighted by Gasteiger charge is -2.06. The van der Waals surface area contributed by atoms with Crippen molar-refractivity contribution in [3.05, 3.63) is 58.7 Å². The number of halogens is 1. The molecule has 1 atom stereocenters. The first-order valence-corrected chi connectivity index (χ1v) is 6.29. The molecule has 1 aromatic carbocycles. The summed E-state index contributed by atoms with van der Waals surface area (Å²) in [6.07, 6.45) is 4.99. The van der Waals surface area contributed by atoms with E-state index in [1.807, 2.05) is 0 Å². The summed E-state index contributed by atoms with van der Waals surface area (Å²) in [7, 11) is 0. The Bertz CT molecular complexity index is 720. The van der Waals surface area contributed by atoms with Crippen LogP contribution in [0.2, 0.25) is 0 Å². The number of rotatable bonds is 4.